The number of methoxy groups -OCH3 is 1. The number of rotatable bonds is 12. The third-order valence-corrected chi connectivity index (χ3v) is 7.06. The van der Waals surface area contributed by atoms with Gasteiger partial charge in [-0.2, -0.15) is 0 Å². The van der Waals surface area contributed by atoms with Crippen LogP contribution in [-0.4, -0.2) is 48.2 Å². The van der Waals surface area contributed by atoms with Gasteiger partial charge in [0.05, 0.1) is 13.5 Å². The second-order valence-electron chi connectivity index (χ2n) is 11.5. The predicted octanol–water partition coefficient (Wildman–Crippen LogP) is 5.14. The van der Waals surface area contributed by atoms with Gasteiger partial charge in [0, 0.05) is 18.8 Å². The molecule has 1 heterocycles. The van der Waals surface area contributed by atoms with Crippen LogP contribution in [0.3, 0.4) is 0 Å². The second-order valence-corrected chi connectivity index (χ2v) is 11.5. The standard InChI is InChI=1S/C36H40N4O5/c1-35(2,3)45-34(43)39-30(33(42)37-23-22-26-20-21-32(44-4)38-25-26)24-31(41)40-36(27-14-8-5-9-15-27,28-16-10-6-11-17-28)29-18-12-7-13-19-29/h5-21,25,30H,22-24H2,1-4H3,(H,37,42)(H,39,43)(H,40,41)/t30-/m1/s1. The Balaban J connectivity index is 1.60. The summed E-state index contributed by atoms with van der Waals surface area (Å²) in [4.78, 5) is 44.4. The van der Waals surface area contributed by atoms with Crippen LogP contribution in [0.1, 0.15) is 49.4 Å². The number of benzene rings is 3. The minimum atomic E-state index is -1.20. The molecule has 4 rings (SSSR count). The molecule has 0 radical (unpaired) electrons. The Bertz CT molecular complexity index is 1440. The summed E-state index contributed by atoms with van der Waals surface area (Å²) in [6.07, 6.45) is 1.04. The Morgan fingerprint density at radius 1 is 0.778 bits per heavy atom. The average Bonchev–Trinajstić information content (AvgIpc) is 3.04. The highest BCUT2D eigenvalue weighted by Crippen LogP contribution is 2.37. The molecule has 0 bridgehead atoms. The molecule has 9 nitrogen and oxygen atoms in total. The summed E-state index contributed by atoms with van der Waals surface area (Å²) < 4.78 is 10.5. The molecule has 0 aliphatic carbocycles. The van der Waals surface area contributed by atoms with Crippen LogP contribution >= 0.6 is 0 Å². The van der Waals surface area contributed by atoms with Crippen molar-refractivity contribution < 1.29 is 23.9 Å². The Kier molecular flexibility index (Phi) is 10.9. The van der Waals surface area contributed by atoms with E-state index in [1.165, 1.54) is 0 Å². The molecule has 3 amide bonds. The molecule has 0 spiro atoms. The van der Waals surface area contributed by atoms with E-state index in [-0.39, 0.29) is 13.0 Å². The average molecular weight is 609 g/mol. The van der Waals surface area contributed by atoms with E-state index in [4.69, 9.17) is 9.47 Å². The van der Waals surface area contributed by atoms with Crippen molar-refractivity contribution in [3.05, 3.63) is 132 Å². The summed E-state index contributed by atoms with van der Waals surface area (Å²) in [7, 11) is 1.54. The Labute approximate surface area is 264 Å². The SMILES string of the molecule is COc1ccc(CCNC(=O)[C@@H](CC(=O)NC(c2ccccc2)(c2ccccc2)c2ccccc2)NC(=O)OC(C)(C)C)cn1. The largest absolute Gasteiger partial charge is 0.481 e. The summed E-state index contributed by atoms with van der Waals surface area (Å²) in [5.74, 6) is -0.461. The summed E-state index contributed by atoms with van der Waals surface area (Å²) in [6.45, 7) is 5.45. The summed E-state index contributed by atoms with van der Waals surface area (Å²) in [6, 6.07) is 31.4. The number of carbonyl (C=O) groups excluding carboxylic acids is 3. The highest BCUT2D eigenvalue weighted by molar-refractivity contribution is 5.91. The van der Waals surface area contributed by atoms with E-state index in [9.17, 15) is 14.4 Å². The van der Waals surface area contributed by atoms with Gasteiger partial charge in [0.1, 0.15) is 17.2 Å². The number of hydrogen-bond acceptors (Lipinski definition) is 6. The van der Waals surface area contributed by atoms with Gasteiger partial charge in [-0.05, 0) is 49.4 Å². The summed E-state index contributed by atoms with van der Waals surface area (Å²) >= 11 is 0. The van der Waals surface area contributed by atoms with E-state index in [0.717, 1.165) is 22.3 Å². The van der Waals surface area contributed by atoms with Crippen molar-refractivity contribution in [1.29, 1.82) is 0 Å². The first-order chi connectivity index (χ1) is 21.6. The number of alkyl carbamates (subject to hydrolysis) is 1. The number of hydrogen-bond donors (Lipinski definition) is 3. The lowest BCUT2D eigenvalue weighted by atomic mass is 9.77. The van der Waals surface area contributed by atoms with Gasteiger partial charge in [0.25, 0.3) is 0 Å². The molecule has 0 aliphatic rings. The minimum Gasteiger partial charge on any atom is -0.481 e. The topological polar surface area (TPSA) is 119 Å². The molecular weight excluding hydrogens is 568 g/mol. The number of pyridine rings is 1. The first-order valence-electron chi connectivity index (χ1n) is 14.8. The van der Waals surface area contributed by atoms with E-state index >= 15 is 0 Å². The van der Waals surface area contributed by atoms with E-state index in [2.05, 4.69) is 20.9 Å². The van der Waals surface area contributed by atoms with Crippen LogP contribution in [0.2, 0.25) is 0 Å². The molecule has 1 atom stereocenters. The Morgan fingerprint density at radius 3 is 1.76 bits per heavy atom. The Morgan fingerprint density at radius 2 is 1.31 bits per heavy atom. The molecule has 0 aliphatic heterocycles. The molecule has 234 valence electrons. The Hall–Kier alpha value is -5.18. The first-order valence-corrected chi connectivity index (χ1v) is 14.8. The quantitative estimate of drug-likeness (QED) is 0.192. The fraction of sp³-hybridized carbons (Fsp3) is 0.278. The van der Waals surface area contributed by atoms with Crippen molar-refractivity contribution >= 4 is 17.9 Å². The van der Waals surface area contributed by atoms with Gasteiger partial charge in [-0.3, -0.25) is 9.59 Å². The molecular formula is C36H40N4O5. The normalized spacial score (nSPS) is 12.0. The lowest BCUT2D eigenvalue weighted by molar-refractivity contribution is -0.129. The van der Waals surface area contributed by atoms with Crippen LogP contribution in [0, 0.1) is 0 Å². The van der Waals surface area contributed by atoms with Gasteiger partial charge >= 0.3 is 6.09 Å². The maximum Gasteiger partial charge on any atom is 0.408 e. The molecule has 1 aromatic heterocycles. The first kappa shape index (κ1) is 32.7. The van der Waals surface area contributed by atoms with Crippen molar-refractivity contribution in [1.82, 2.24) is 20.9 Å². The van der Waals surface area contributed by atoms with Crippen LogP contribution in [0.15, 0.2) is 109 Å². The zero-order valence-corrected chi connectivity index (χ0v) is 26.1. The van der Waals surface area contributed by atoms with Crippen LogP contribution in [0.4, 0.5) is 4.79 Å². The molecule has 45 heavy (non-hydrogen) atoms. The molecule has 0 unspecified atom stereocenters. The maximum absolute atomic E-state index is 14.0. The predicted molar refractivity (Wildman–Crippen MR) is 173 cm³/mol. The third-order valence-electron chi connectivity index (χ3n) is 7.06. The molecule has 4 aromatic rings. The minimum absolute atomic E-state index is 0.267. The van der Waals surface area contributed by atoms with E-state index in [1.807, 2.05) is 97.1 Å². The van der Waals surface area contributed by atoms with Crippen molar-refractivity contribution in [3.8, 4) is 5.88 Å². The number of nitrogens with zero attached hydrogens (tertiary/aromatic N) is 1. The van der Waals surface area contributed by atoms with Gasteiger partial charge in [0.15, 0.2) is 0 Å². The van der Waals surface area contributed by atoms with Crippen LogP contribution < -0.4 is 20.7 Å². The van der Waals surface area contributed by atoms with E-state index in [1.54, 1.807) is 40.1 Å². The van der Waals surface area contributed by atoms with Gasteiger partial charge < -0.3 is 25.4 Å². The number of amides is 3. The van der Waals surface area contributed by atoms with Crippen LogP contribution in [-0.2, 0) is 26.3 Å². The lowest BCUT2D eigenvalue weighted by Crippen LogP contribution is -2.53. The fourth-order valence-electron chi connectivity index (χ4n) is 5.02. The monoisotopic (exact) mass is 608 g/mol. The fourth-order valence-corrected chi connectivity index (χ4v) is 5.02. The second kappa shape index (κ2) is 15.0. The van der Waals surface area contributed by atoms with Crippen molar-refractivity contribution in [2.45, 2.75) is 50.8 Å². The molecule has 0 fully saturated rings. The highest BCUT2D eigenvalue weighted by atomic mass is 16.6. The zero-order valence-electron chi connectivity index (χ0n) is 26.1. The molecule has 3 aromatic carbocycles. The number of carbonyl (C=O) groups is 3. The van der Waals surface area contributed by atoms with Crippen molar-refractivity contribution in [2.24, 2.45) is 0 Å². The van der Waals surface area contributed by atoms with Gasteiger partial charge in [-0.25, -0.2) is 9.78 Å². The van der Waals surface area contributed by atoms with Crippen LogP contribution in [0.25, 0.3) is 0 Å². The van der Waals surface area contributed by atoms with Crippen LogP contribution in [0.5, 0.6) is 5.88 Å². The number of nitrogens with one attached hydrogen (secondary N) is 3. The maximum atomic E-state index is 14.0. The number of ether oxygens (including phenoxy) is 2. The summed E-state index contributed by atoms with van der Waals surface area (Å²) in [5, 5.41) is 8.70. The molecule has 0 saturated heterocycles. The van der Waals surface area contributed by atoms with Crippen molar-refractivity contribution in [2.75, 3.05) is 13.7 Å². The van der Waals surface area contributed by atoms with E-state index in [0.29, 0.717) is 12.3 Å². The van der Waals surface area contributed by atoms with Gasteiger partial charge in [0.2, 0.25) is 17.7 Å². The lowest BCUT2D eigenvalue weighted by Gasteiger charge is -2.37. The van der Waals surface area contributed by atoms with Gasteiger partial charge in [-0.1, -0.05) is 97.1 Å². The van der Waals surface area contributed by atoms with Gasteiger partial charge in [-0.15, -0.1) is 0 Å². The van der Waals surface area contributed by atoms with E-state index < -0.39 is 35.1 Å². The molecule has 9 heteroatoms. The highest BCUT2D eigenvalue weighted by Gasteiger charge is 2.39. The summed E-state index contributed by atoms with van der Waals surface area (Å²) in [5.41, 5.74) is 1.54. The number of aromatic nitrogens is 1. The third kappa shape index (κ3) is 8.92. The van der Waals surface area contributed by atoms with Crippen molar-refractivity contribution in [3.63, 3.8) is 0 Å². The molecule has 0 saturated carbocycles. The smallest absolute Gasteiger partial charge is 0.408 e. The molecule has 3 N–H and O–H groups in total. The zero-order chi connectivity index (χ0) is 32.3.